The molecule has 17 heavy (non-hydrogen) atoms. The minimum atomic E-state index is -0.168. The molecule has 1 saturated heterocycles. The third-order valence-electron chi connectivity index (χ3n) is 3.19. The summed E-state index contributed by atoms with van der Waals surface area (Å²) in [5.74, 6) is -0.618. The summed E-state index contributed by atoms with van der Waals surface area (Å²) in [5, 5.41) is 9.03. The average molecular weight is 291 g/mol. The van der Waals surface area contributed by atoms with Crippen LogP contribution in [0.4, 0.5) is 5.69 Å². The molecule has 0 aromatic heterocycles. The maximum atomic E-state index is 11.9. The van der Waals surface area contributed by atoms with Gasteiger partial charge in [0.25, 0.3) is 0 Å². The van der Waals surface area contributed by atoms with E-state index in [1.807, 2.05) is 6.07 Å². The molecule has 1 aliphatic carbocycles. The van der Waals surface area contributed by atoms with Crippen LogP contribution in [-0.4, -0.2) is 11.8 Å². The Bertz CT molecular complexity index is 571. The average Bonchev–Trinajstić information content (AvgIpc) is 3.06. The van der Waals surface area contributed by atoms with E-state index in [4.69, 9.17) is 5.26 Å². The summed E-state index contributed by atoms with van der Waals surface area (Å²) in [4.78, 5) is 24.9. The van der Waals surface area contributed by atoms with Gasteiger partial charge in [-0.25, -0.2) is 4.90 Å². The van der Waals surface area contributed by atoms with E-state index in [1.165, 1.54) is 0 Å². The quantitative estimate of drug-likeness (QED) is 0.742. The zero-order chi connectivity index (χ0) is 12.2. The normalized spacial score (nSPS) is 25.8. The second-order valence-corrected chi connectivity index (χ2v) is 5.15. The van der Waals surface area contributed by atoms with Crippen LogP contribution in [0.2, 0.25) is 0 Å². The van der Waals surface area contributed by atoms with E-state index in [-0.39, 0.29) is 23.7 Å². The van der Waals surface area contributed by atoms with Gasteiger partial charge in [-0.05, 0) is 24.6 Å². The summed E-state index contributed by atoms with van der Waals surface area (Å²) >= 11 is 3.26. The zero-order valence-electron chi connectivity index (χ0n) is 8.68. The second kappa shape index (κ2) is 3.41. The topological polar surface area (TPSA) is 61.2 Å². The Kier molecular flexibility index (Phi) is 2.10. The minimum absolute atomic E-state index is 0.141. The first-order valence-electron chi connectivity index (χ1n) is 5.21. The number of carbonyl (C=O) groups excluding carboxylic acids is 2. The first kappa shape index (κ1) is 10.5. The van der Waals surface area contributed by atoms with Crippen LogP contribution in [0.1, 0.15) is 12.0 Å². The highest BCUT2D eigenvalue weighted by molar-refractivity contribution is 9.10. The number of anilines is 1. The number of amides is 2. The molecule has 2 aliphatic rings. The molecule has 4 nitrogen and oxygen atoms in total. The molecule has 0 bridgehead atoms. The molecule has 2 unspecified atom stereocenters. The molecule has 2 fully saturated rings. The van der Waals surface area contributed by atoms with E-state index >= 15 is 0 Å². The Morgan fingerprint density at radius 3 is 2.53 bits per heavy atom. The molecule has 2 atom stereocenters. The van der Waals surface area contributed by atoms with Crippen LogP contribution >= 0.6 is 15.9 Å². The smallest absolute Gasteiger partial charge is 0.237 e. The van der Waals surface area contributed by atoms with Crippen LogP contribution in [0.3, 0.4) is 0 Å². The maximum absolute atomic E-state index is 11.9. The zero-order valence-corrected chi connectivity index (χ0v) is 10.3. The summed E-state index contributed by atoms with van der Waals surface area (Å²) in [6.45, 7) is 0. The third kappa shape index (κ3) is 1.41. The van der Waals surface area contributed by atoms with Gasteiger partial charge in [0, 0.05) is 4.47 Å². The first-order valence-corrected chi connectivity index (χ1v) is 6.00. The van der Waals surface area contributed by atoms with Crippen molar-refractivity contribution in [2.75, 3.05) is 4.90 Å². The van der Waals surface area contributed by atoms with Gasteiger partial charge < -0.3 is 0 Å². The predicted octanol–water partition coefficient (Wildman–Crippen LogP) is 1.83. The van der Waals surface area contributed by atoms with Gasteiger partial charge in [0.15, 0.2) is 0 Å². The Hall–Kier alpha value is -1.67. The van der Waals surface area contributed by atoms with Crippen molar-refractivity contribution in [2.45, 2.75) is 6.42 Å². The van der Waals surface area contributed by atoms with Crippen LogP contribution in [-0.2, 0) is 9.59 Å². The molecule has 1 heterocycles. The summed E-state index contributed by atoms with van der Waals surface area (Å²) in [5.41, 5.74) is 0.736. The largest absolute Gasteiger partial charge is 0.274 e. The Labute approximate surface area is 106 Å². The van der Waals surface area contributed by atoms with E-state index < -0.39 is 0 Å². The van der Waals surface area contributed by atoms with E-state index in [0.29, 0.717) is 17.7 Å². The van der Waals surface area contributed by atoms with Gasteiger partial charge in [-0.3, -0.25) is 9.59 Å². The van der Waals surface area contributed by atoms with Crippen LogP contribution in [0, 0.1) is 23.2 Å². The number of piperidine rings is 1. The van der Waals surface area contributed by atoms with Crippen LogP contribution in [0.15, 0.2) is 22.7 Å². The van der Waals surface area contributed by atoms with Gasteiger partial charge in [-0.1, -0.05) is 15.9 Å². The number of fused-ring (bicyclic) bond motifs is 1. The fraction of sp³-hybridized carbons (Fsp3) is 0.250. The molecule has 1 aliphatic heterocycles. The predicted molar refractivity (Wildman–Crippen MR) is 62.9 cm³/mol. The number of hydrogen-bond donors (Lipinski definition) is 0. The molecular weight excluding hydrogens is 284 g/mol. The third-order valence-corrected chi connectivity index (χ3v) is 3.68. The van der Waals surface area contributed by atoms with Crippen LogP contribution < -0.4 is 4.90 Å². The van der Waals surface area contributed by atoms with Gasteiger partial charge in [0.2, 0.25) is 11.8 Å². The molecule has 0 radical (unpaired) electrons. The summed E-state index contributed by atoms with van der Waals surface area (Å²) in [7, 11) is 0. The van der Waals surface area contributed by atoms with E-state index in [0.717, 1.165) is 9.37 Å². The number of nitriles is 1. The molecule has 1 aromatic carbocycles. The molecule has 3 rings (SSSR count). The highest BCUT2D eigenvalue weighted by Gasteiger charge is 2.59. The molecular formula is C12H7BrN2O2. The summed E-state index contributed by atoms with van der Waals surface area (Å²) in [6.07, 6.45) is 0.673. The van der Waals surface area contributed by atoms with Crippen molar-refractivity contribution in [3.63, 3.8) is 0 Å². The number of imide groups is 1. The lowest BCUT2D eigenvalue weighted by molar-refractivity contribution is -0.123. The molecule has 84 valence electrons. The van der Waals surface area contributed by atoms with E-state index in [2.05, 4.69) is 15.9 Å². The number of halogens is 1. The lowest BCUT2D eigenvalue weighted by Crippen LogP contribution is -2.33. The van der Waals surface area contributed by atoms with Gasteiger partial charge in [0.05, 0.1) is 23.1 Å². The van der Waals surface area contributed by atoms with Crippen LogP contribution in [0.5, 0.6) is 0 Å². The number of carbonyl (C=O) groups is 2. The Balaban J connectivity index is 2.08. The molecule has 1 saturated carbocycles. The number of hydrogen-bond acceptors (Lipinski definition) is 3. The van der Waals surface area contributed by atoms with Crippen molar-refractivity contribution in [1.82, 2.24) is 0 Å². The minimum Gasteiger partial charge on any atom is -0.274 e. The second-order valence-electron chi connectivity index (χ2n) is 4.23. The van der Waals surface area contributed by atoms with Gasteiger partial charge in [0.1, 0.15) is 6.07 Å². The Morgan fingerprint density at radius 1 is 1.29 bits per heavy atom. The first-order chi connectivity index (χ1) is 8.13. The summed E-state index contributed by atoms with van der Waals surface area (Å²) in [6, 6.07) is 6.97. The monoisotopic (exact) mass is 290 g/mol. The fourth-order valence-corrected chi connectivity index (χ4v) is 2.57. The lowest BCUT2D eigenvalue weighted by Gasteiger charge is -2.17. The number of benzene rings is 1. The van der Waals surface area contributed by atoms with Gasteiger partial charge >= 0.3 is 0 Å². The standard InChI is InChI=1S/C12H7BrN2O2/c13-7-1-2-10(6(3-7)5-14)15-11(16)8-4-9(8)12(15)17/h1-3,8-9H,4H2. The molecule has 0 spiro atoms. The van der Waals surface area contributed by atoms with Crippen molar-refractivity contribution < 1.29 is 9.59 Å². The number of rotatable bonds is 1. The van der Waals surface area contributed by atoms with Gasteiger partial charge in [-0.15, -0.1) is 0 Å². The van der Waals surface area contributed by atoms with Crippen LogP contribution in [0.25, 0.3) is 0 Å². The van der Waals surface area contributed by atoms with Gasteiger partial charge in [-0.2, -0.15) is 5.26 Å². The maximum Gasteiger partial charge on any atom is 0.237 e. The van der Waals surface area contributed by atoms with Crippen molar-refractivity contribution in [2.24, 2.45) is 11.8 Å². The van der Waals surface area contributed by atoms with Crippen molar-refractivity contribution in [3.05, 3.63) is 28.2 Å². The van der Waals surface area contributed by atoms with Crippen molar-refractivity contribution >= 4 is 33.4 Å². The highest BCUT2D eigenvalue weighted by Crippen LogP contribution is 2.48. The van der Waals surface area contributed by atoms with Crippen molar-refractivity contribution in [1.29, 1.82) is 5.26 Å². The SMILES string of the molecule is N#Cc1cc(Br)ccc1N1C(=O)C2CC2C1=O. The highest BCUT2D eigenvalue weighted by atomic mass is 79.9. The van der Waals surface area contributed by atoms with E-state index in [1.54, 1.807) is 18.2 Å². The molecule has 0 N–H and O–H groups in total. The molecule has 2 amide bonds. The van der Waals surface area contributed by atoms with Crippen molar-refractivity contribution in [3.8, 4) is 6.07 Å². The Morgan fingerprint density at radius 2 is 1.94 bits per heavy atom. The molecule has 5 heteroatoms. The fourth-order valence-electron chi connectivity index (χ4n) is 2.21. The lowest BCUT2D eigenvalue weighted by atomic mass is 10.1. The number of nitrogens with zero attached hydrogens (tertiary/aromatic N) is 2. The summed E-state index contributed by atoms with van der Waals surface area (Å²) < 4.78 is 0.752. The molecule has 1 aromatic rings. The van der Waals surface area contributed by atoms with E-state index in [9.17, 15) is 9.59 Å².